The van der Waals surface area contributed by atoms with Crippen molar-refractivity contribution in [1.82, 2.24) is 15.3 Å². The van der Waals surface area contributed by atoms with Crippen molar-refractivity contribution >= 4 is 11.8 Å². The highest BCUT2D eigenvalue weighted by atomic mass is 16.5. The largest absolute Gasteiger partial charge is 0.493 e. The molecule has 1 fully saturated rings. The van der Waals surface area contributed by atoms with Crippen LogP contribution in [0.25, 0.3) is 11.3 Å². The number of anilines is 2. The lowest BCUT2D eigenvalue weighted by molar-refractivity contribution is 0.326. The fourth-order valence-corrected chi connectivity index (χ4v) is 3.13. The number of nitrogens with zero attached hydrogens (tertiary/aromatic N) is 3. The zero-order chi connectivity index (χ0) is 14.9. The summed E-state index contributed by atoms with van der Waals surface area (Å²) in [5.41, 5.74) is 9.04. The first kappa shape index (κ1) is 13.3. The van der Waals surface area contributed by atoms with Gasteiger partial charge in [0, 0.05) is 43.7 Å². The van der Waals surface area contributed by atoms with Gasteiger partial charge >= 0.3 is 0 Å². The van der Waals surface area contributed by atoms with Crippen molar-refractivity contribution in [3.8, 4) is 17.0 Å². The molecule has 0 spiro atoms. The zero-order valence-corrected chi connectivity index (χ0v) is 12.4. The van der Waals surface area contributed by atoms with Gasteiger partial charge in [0.1, 0.15) is 11.6 Å². The van der Waals surface area contributed by atoms with Gasteiger partial charge in [0.2, 0.25) is 5.95 Å². The maximum absolute atomic E-state index is 5.99. The molecule has 3 heterocycles. The number of aromatic nitrogens is 2. The van der Waals surface area contributed by atoms with Gasteiger partial charge in [0.05, 0.1) is 12.3 Å². The van der Waals surface area contributed by atoms with Crippen LogP contribution in [0.4, 0.5) is 11.8 Å². The van der Waals surface area contributed by atoms with Crippen molar-refractivity contribution in [2.24, 2.45) is 0 Å². The van der Waals surface area contributed by atoms with E-state index in [1.165, 1.54) is 0 Å². The Bertz CT molecular complexity index is 697. The standard InChI is InChI=1S/C16H19N5O/c17-16-19-14-11-3-1-2-4-13(11)22-10-5-12(14)15(20-16)21-8-6-18-7-9-21/h1-4,18H,5-10H2,(H2,17,19,20). The number of fused-ring (bicyclic) bond motifs is 3. The van der Waals surface area contributed by atoms with Crippen LogP contribution in [-0.2, 0) is 6.42 Å². The lowest BCUT2D eigenvalue weighted by Gasteiger charge is -2.30. The average molecular weight is 297 g/mol. The van der Waals surface area contributed by atoms with Crippen LogP contribution in [0, 0.1) is 0 Å². The maximum Gasteiger partial charge on any atom is 0.222 e. The normalized spacial score (nSPS) is 17.2. The molecule has 2 aromatic rings. The Kier molecular flexibility index (Phi) is 3.31. The lowest BCUT2D eigenvalue weighted by Crippen LogP contribution is -2.44. The van der Waals surface area contributed by atoms with E-state index in [0.717, 1.165) is 61.0 Å². The van der Waals surface area contributed by atoms with Gasteiger partial charge in [-0.25, -0.2) is 4.98 Å². The molecule has 3 N–H and O–H groups in total. The predicted molar refractivity (Wildman–Crippen MR) is 86.2 cm³/mol. The van der Waals surface area contributed by atoms with Crippen molar-refractivity contribution in [2.45, 2.75) is 6.42 Å². The molecule has 4 rings (SSSR count). The topological polar surface area (TPSA) is 76.3 Å². The Morgan fingerprint density at radius 1 is 1.14 bits per heavy atom. The number of piperazine rings is 1. The summed E-state index contributed by atoms with van der Waals surface area (Å²) in [7, 11) is 0. The highest BCUT2D eigenvalue weighted by molar-refractivity contribution is 5.75. The van der Waals surface area contributed by atoms with Crippen molar-refractivity contribution < 1.29 is 4.74 Å². The first-order valence-electron chi connectivity index (χ1n) is 7.67. The van der Waals surface area contributed by atoms with Crippen LogP contribution in [0.5, 0.6) is 5.75 Å². The van der Waals surface area contributed by atoms with Gasteiger partial charge in [-0.05, 0) is 12.1 Å². The fourth-order valence-electron chi connectivity index (χ4n) is 3.13. The summed E-state index contributed by atoms with van der Waals surface area (Å²) < 4.78 is 5.87. The predicted octanol–water partition coefficient (Wildman–Crippen LogP) is 1.07. The second-order valence-electron chi connectivity index (χ2n) is 5.56. The molecule has 1 aromatic carbocycles. The molecule has 0 amide bonds. The SMILES string of the molecule is Nc1nc2c(c(N3CCNCC3)n1)CCOc1ccccc1-2. The molecule has 0 radical (unpaired) electrons. The second-order valence-corrected chi connectivity index (χ2v) is 5.56. The van der Waals surface area contributed by atoms with Gasteiger partial charge in [0.15, 0.2) is 0 Å². The van der Waals surface area contributed by atoms with Crippen LogP contribution in [0.15, 0.2) is 24.3 Å². The number of benzene rings is 1. The maximum atomic E-state index is 5.99. The first-order valence-corrected chi connectivity index (χ1v) is 7.67. The average Bonchev–Trinajstić information content (AvgIpc) is 2.75. The third-order valence-electron chi connectivity index (χ3n) is 4.17. The molecule has 0 unspecified atom stereocenters. The molecule has 0 aliphatic carbocycles. The molecule has 1 aromatic heterocycles. The second kappa shape index (κ2) is 5.46. The quantitative estimate of drug-likeness (QED) is 0.820. The monoisotopic (exact) mass is 297 g/mol. The molecule has 22 heavy (non-hydrogen) atoms. The molecule has 2 aliphatic rings. The molecular formula is C16H19N5O. The van der Waals surface area contributed by atoms with Gasteiger partial charge in [-0.2, -0.15) is 4.98 Å². The number of para-hydroxylation sites is 1. The summed E-state index contributed by atoms with van der Waals surface area (Å²) in [5, 5.41) is 3.37. The Hall–Kier alpha value is -2.34. The summed E-state index contributed by atoms with van der Waals surface area (Å²) in [4.78, 5) is 11.3. The number of ether oxygens (including phenoxy) is 1. The van der Waals surface area contributed by atoms with E-state index in [2.05, 4.69) is 20.2 Å². The van der Waals surface area contributed by atoms with Crippen molar-refractivity contribution in [3.63, 3.8) is 0 Å². The molecule has 114 valence electrons. The van der Waals surface area contributed by atoms with E-state index in [-0.39, 0.29) is 0 Å². The fraction of sp³-hybridized carbons (Fsp3) is 0.375. The number of hydrogen-bond acceptors (Lipinski definition) is 6. The minimum absolute atomic E-state index is 0.323. The highest BCUT2D eigenvalue weighted by Crippen LogP contribution is 2.37. The Morgan fingerprint density at radius 2 is 1.95 bits per heavy atom. The molecule has 0 saturated carbocycles. The van der Waals surface area contributed by atoms with Gasteiger partial charge in [-0.1, -0.05) is 12.1 Å². The molecule has 1 saturated heterocycles. The van der Waals surface area contributed by atoms with E-state index >= 15 is 0 Å². The molecular weight excluding hydrogens is 278 g/mol. The van der Waals surface area contributed by atoms with Crippen LogP contribution >= 0.6 is 0 Å². The van der Waals surface area contributed by atoms with Crippen molar-refractivity contribution in [3.05, 3.63) is 29.8 Å². The van der Waals surface area contributed by atoms with Crippen LogP contribution in [0.2, 0.25) is 0 Å². The van der Waals surface area contributed by atoms with E-state index in [1.807, 2.05) is 24.3 Å². The summed E-state index contributed by atoms with van der Waals surface area (Å²) >= 11 is 0. The third-order valence-corrected chi connectivity index (χ3v) is 4.17. The number of nitrogens with two attached hydrogens (primary N) is 1. The van der Waals surface area contributed by atoms with E-state index in [0.29, 0.717) is 12.6 Å². The van der Waals surface area contributed by atoms with E-state index < -0.39 is 0 Å². The van der Waals surface area contributed by atoms with Crippen LogP contribution in [0.3, 0.4) is 0 Å². The lowest BCUT2D eigenvalue weighted by atomic mass is 10.0. The van der Waals surface area contributed by atoms with Crippen LogP contribution < -0.4 is 20.7 Å². The van der Waals surface area contributed by atoms with E-state index in [4.69, 9.17) is 10.5 Å². The molecule has 0 atom stereocenters. The molecule has 2 aliphatic heterocycles. The molecule has 6 nitrogen and oxygen atoms in total. The number of nitrogens with one attached hydrogen (secondary N) is 1. The Balaban J connectivity index is 1.88. The summed E-state index contributed by atoms with van der Waals surface area (Å²) in [5.74, 6) is 2.15. The number of hydrogen-bond donors (Lipinski definition) is 2. The Labute approximate surface area is 129 Å². The van der Waals surface area contributed by atoms with Crippen molar-refractivity contribution in [1.29, 1.82) is 0 Å². The first-order chi connectivity index (χ1) is 10.8. The van der Waals surface area contributed by atoms with Gasteiger partial charge in [-0.15, -0.1) is 0 Å². The zero-order valence-electron chi connectivity index (χ0n) is 12.4. The van der Waals surface area contributed by atoms with E-state index in [9.17, 15) is 0 Å². The van der Waals surface area contributed by atoms with Crippen LogP contribution in [-0.4, -0.2) is 42.8 Å². The van der Waals surface area contributed by atoms with Crippen LogP contribution in [0.1, 0.15) is 5.56 Å². The van der Waals surface area contributed by atoms with E-state index in [1.54, 1.807) is 0 Å². The van der Waals surface area contributed by atoms with Gasteiger partial charge in [0.25, 0.3) is 0 Å². The number of rotatable bonds is 1. The van der Waals surface area contributed by atoms with Crippen molar-refractivity contribution in [2.75, 3.05) is 43.4 Å². The molecule has 0 bridgehead atoms. The third kappa shape index (κ3) is 2.25. The minimum atomic E-state index is 0.323. The smallest absolute Gasteiger partial charge is 0.222 e. The van der Waals surface area contributed by atoms with Gasteiger partial charge in [-0.3, -0.25) is 0 Å². The number of nitrogen functional groups attached to an aromatic ring is 1. The molecule has 6 heteroatoms. The summed E-state index contributed by atoms with van der Waals surface area (Å²) in [6, 6.07) is 7.99. The minimum Gasteiger partial charge on any atom is -0.493 e. The Morgan fingerprint density at radius 3 is 2.82 bits per heavy atom. The highest BCUT2D eigenvalue weighted by Gasteiger charge is 2.24. The summed E-state index contributed by atoms with van der Waals surface area (Å²) in [6.45, 7) is 4.44. The van der Waals surface area contributed by atoms with Gasteiger partial charge < -0.3 is 20.7 Å². The summed E-state index contributed by atoms with van der Waals surface area (Å²) in [6.07, 6.45) is 0.795.